The summed E-state index contributed by atoms with van der Waals surface area (Å²) in [5.41, 5.74) is -4.86. The van der Waals surface area contributed by atoms with E-state index in [1.165, 1.54) is 0 Å². The molecule has 0 aliphatic carbocycles. The lowest BCUT2D eigenvalue weighted by atomic mass is 9.98. The van der Waals surface area contributed by atoms with Crippen LogP contribution in [0.25, 0.3) is 0 Å². The van der Waals surface area contributed by atoms with Gasteiger partial charge in [0.25, 0.3) is 0 Å². The lowest BCUT2D eigenvalue weighted by Gasteiger charge is -2.25. The van der Waals surface area contributed by atoms with Gasteiger partial charge in [-0.05, 0) is 289 Å². The van der Waals surface area contributed by atoms with E-state index in [4.69, 9.17) is 103 Å². The molecule has 0 heterocycles. The third-order valence-electron chi connectivity index (χ3n) is 12.8. The van der Waals surface area contributed by atoms with Crippen molar-refractivity contribution in [1.82, 2.24) is 0 Å². The molecule has 0 spiro atoms. The van der Waals surface area contributed by atoms with Gasteiger partial charge in [0.1, 0.15) is 57.9 Å². The maximum Gasteiger partial charge on any atom is 0.510 e. The van der Waals surface area contributed by atoms with Crippen molar-refractivity contribution >= 4 is 90.5 Å². The third-order valence-corrected chi connectivity index (χ3v) is 24.1. The number of hydrogen-bond acceptors (Lipinski definition) is 38. The summed E-state index contributed by atoms with van der Waals surface area (Å²) in [7, 11) is -26.7. The van der Waals surface area contributed by atoms with Crippen LogP contribution in [0, 0.1) is 10.8 Å². The van der Waals surface area contributed by atoms with Crippen LogP contribution in [0.15, 0.2) is 0 Å². The lowest BCUT2D eigenvalue weighted by Crippen LogP contribution is -2.26. The van der Waals surface area contributed by atoms with E-state index >= 15 is 0 Å². The van der Waals surface area contributed by atoms with Crippen LogP contribution in [-0.4, -0.2) is 243 Å². The van der Waals surface area contributed by atoms with Gasteiger partial charge in [0.2, 0.25) is 41.3 Å². The lowest BCUT2D eigenvalue weighted by molar-refractivity contribution is -0.162. The molecule has 798 valence electrons. The minimum atomic E-state index is -3.98. The molecule has 4 N–H and O–H groups in total. The fraction of sp³-hybridized carbons (Fsp3) is 0.939. The van der Waals surface area contributed by atoms with Gasteiger partial charge in [-0.2, -0.15) is 0 Å². The maximum absolute atomic E-state index is 12.8. The molecule has 0 aliphatic rings. The number of carbonyl (C=O) groups excluding carboxylic acids is 5. The highest BCUT2D eigenvalue weighted by Gasteiger charge is 2.36. The molecule has 4 atom stereocenters. The first kappa shape index (κ1) is 145. The Hall–Kier alpha value is -2.25. The van der Waals surface area contributed by atoms with Gasteiger partial charge in [0.05, 0.1) is 100 Å². The van der Waals surface area contributed by atoms with Crippen LogP contribution in [0.3, 0.4) is 0 Å². The highest BCUT2D eigenvalue weighted by molar-refractivity contribution is 7.63. The first-order valence-electron chi connectivity index (χ1n) is 43.1. The largest absolute Gasteiger partial charge is 0.510 e. The Bertz CT molecular complexity index is 3420. The SMILES string of the molecule is CC(C)(C)OCP(=O)(O)O.CC(C)(C)OCP(=O)(OCOC(=O)C(C)(C)C)OCOC(=O)C(C)(C)C.CC(C)OC(=O)OCOP(=O)(COC(C)(C)C)OCOC(=O)OC(C)C.CC(C)OC(=O)OCOP(=O)(O)COC(C)(C)C.CCCCOP(=O)(O)COC(C)(C)C.CCOP(=O)(CC)COC(C)(C)C.CCOP(=O)(COC(C)(C)C)OCC.CCP(C)(=O)COC(C)(C)C. The summed E-state index contributed by atoms with van der Waals surface area (Å²) < 4.78 is 219. The van der Waals surface area contributed by atoms with Crippen LogP contribution in [0.5, 0.6) is 0 Å². The molecule has 0 aliphatic heterocycles. The molecule has 0 fully saturated rings. The number of hydrogen-bond donors (Lipinski definition) is 4. The molecule has 0 bridgehead atoms. The summed E-state index contributed by atoms with van der Waals surface area (Å²) in [4.78, 5) is 92.4. The smallest absolute Gasteiger partial charge is 0.438 e. The Morgan fingerprint density at radius 3 is 0.742 bits per heavy atom. The molecule has 0 radical (unpaired) electrons. The molecule has 0 aromatic carbocycles. The Morgan fingerprint density at radius 2 is 0.515 bits per heavy atom. The van der Waals surface area contributed by atoms with Crippen molar-refractivity contribution in [3.8, 4) is 0 Å². The second kappa shape index (κ2) is 68.0. The Kier molecular flexibility index (Phi) is 74.8. The molecule has 0 aromatic heterocycles. The molecular formula is C82H178O42P8. The number of unbranched alkanes of at least 4 members (excludes halogenated alkanes) is 1. The van der Waals surface area contributed by atoms with E-state index in [2.05, 4.69) is 23.5 Å². The van der Waals surface area contributed by atoms with Gasteiger partial charge < -0.3 is 118 Å². The average molecular weight is 2080 g/mol. The topological polar surface area (TPSA) is 534 Å². The number of ether oxygens (including phenoxy) is 16. The van der Waals surface area contributed by atoms with Gasteiger partial charge in [-0.25, -0.2) is 14.4 Å². The van der Waals surface area contributed by atoms with Gasteiger partial charge in [0, 0.05) is 6.16 Å². The van der Waals surface area contributed by atoms with Crippen LogP contribution < -0.4 is 0 Å². The molecule has 42 nitrogen and oxygen atoms in total. The second-order valence-electron chi connectivity index (χ2n) is 39.3. The fourth-order valence-corrected chi connectivity index (χ4v) is 14.6. The minimum absolute atomic E-state index is 0.0121. The molecule has 0 rings (SSSR count). The van der Waals surface area contributed by atoms with Crippen molar-refractivity contribution in [3.05, 3.63) is 0 Å². The molecule has 50 heteroatoms. The number of esters is 2. The van der Waals surface area contributed by atoms with Gasteiger partial charge >= 0.3 is 76.0 Å². The van der Waals surface area contributed by atoms with Gasteiger partial charge in [-0.1, -0.05) is 27.2 Å². The van der Waals surface area contributed by atoms with E-state index < -0.39 is 182 Å². The van der Waals surface area contributed by atoms with Crippen LogP contribution in [-0.2, 0) is 163 Å². The summed E-state index contributed by atoms with van der Waals surface area (Å²) in [5, 5.41) is 0. The standard InChI is InChI=1S/C17H33O8P.C15H29O10P.C10H21O7P.2C9H21O4P.C9H21O3P.C8H19O2P.C5H13O4P/c1-15(2,3)13(18)21-10-24-26(20,12-23-17(7,8)9)25-11-22-14(19)16(4,5)6;1-11(2)24-13(16)19-8-22-26(18,10-21-15(5,6)7)23-9-20-14(17)25-12(3)4;1-8(2)17-9(11)14-6-16-18(12,13)7-15-10(3,4)5;1-6-12-14(10,13-7-2)8-11-9(3,4)5;1-5-6-7-13-14(10,11)8-12-9(2,3)4;1-6-12-13(10,7-2)8-11-9(3,4)5;1-6-11(5,9)7-10-8(2,3)4;1-5(2,3)9-4-10(6,7)8/h10-12H2,1-9H3;11-12H,8-10H2,1-7H3;8H,6-7H2,1-5H3,(H,12,13);6-8H2,1-5H3;5-8H2,1-4H3,(H,10,11);6-8H2,1-5H3;6-7H2,1-5H3;4H2,1-3H3,(H2,6,7,8). The van der Waals surface area contributed by atoms with Crippen molar-refractivity contribution in [2.75, 3.05) is 130 Å². The molecular weight excluding hydrogens is 1900 g/mol. The zero-order chi connectivity index (χ0) is 106. The van der Waals surface area contributed by atoms with E-state index in [1.54, 1.807) is 187 Å². The zero-order valence-corrected chi connectivity index (χ0v) is 95.1. The molecule has 0 saturated carbocycles. The molecule has 0 saturated heterocycles. The van der Waals surface area contributed by atoms with E-state index in [-0.39, 0.29) is 60.5 Å². The third kappa shape index (κ3) is 110. The summed E-state index contributed by atoms with van der Waals surface area (Å²) in [5.74, 6) is -1.03. The van der Waals surface area contributed by atoms with Crippen LogP contribution in [0.1, 0.15) is 304 Å². The summed E-state index contributed by atoms with van der Waals surface area (Å²) in [6.07, 6.45) is -2.41. The summed E-state index contributed by atoms with van der Waals surface area (Å²) in [6.45, 7) is 75.2. The molecule has 4 unspecified atom stereocenters. The van der Waals surface area contributed by atoms with Gasteiger partial charge in [0.15, 0.2) is 0 Å². The van der Waals surface area contributed by atoms with Crippen LogP contribution in [0.2, 0.25) is 0 Å². The highest BCUT2D eigenvalue weighted by atomic mass is 31.2. The number of carbonyl (C=O) groups is 5. The number of rotatable bonds is 46. The average Bonchev–Trinajstić information content (AvgIpc) is 0.869. The van der Waals surface area contributed by atoms with E-state index in [0.717, 1.165) is 19.0 Å². The molecule has 132 heavy (non-hydrogen) atoms. The highest BCUT2D eigenvalue weighted by Crippen LogP contribution is 2.52. The summed E-state index contributed by atoms with van der Waals surface area (Å²) in [6, 6.07) is 0. The molecule has 0 amide bonds. The van der Waals surface area contributed by atoms with E-state index in [9.17, 15) is 70.3 Å². The predicted molar refractivity (Wildman–Crippen MR) is 507 cm³/mol. The first-order valence-corrected chi connectivity index (χ1v) is 58.1. The van der Waals surface area contributed by atoms with E-state index in [0.29, 0.717) is 38.9 Å². The quantitative estimate of drug-likeness (QED) is 0.0145. The van der Waals surface area contributed by atoms with Gasteiger partial charge in [-0.15, -0.1) is 0 Å². The van der Waals surface area contributed by atoms with Crippen molar-refractivity contribution < 1.29 is 197 Å². The van der Waals surface area contributed by atoms with Crippen molar-refractivity contribution in [3.63, 3.8) is 0 Å². The Labute approximate surface area is 791 Å². The van der Waals surface area contributed by atoms with Crippen molar-refractivity contribution in [1.29, 1.82) is 0 Å². The normalized spacial score (nSPS) is 14.5. The second-order valence-corrected chi connectivity index (χ2v) is 56.7. The van der Waals surface area contributed by atoms with Crippen LogP contribution in [0.4, 0.5) is 14.4 Å². The Balaban J connectivity index is -0.000000227. The van der Waals surface area contributed by atoms with E-state index in [1.807, 2.05) is 111 Å². The molecule has 0 aromatic rings. The van der Waals surface area contributed by atoms with Crippen molar-refractivity contribution in [2.45, 2.75) is 367 Å². The Morgan fingerprint density at radius 1 is 0.280 bits per heavy atom. The van der Waals surface area contributed by atoms with Crippen LogP contribution >= 0.6 is 60.1 Å². The maximum atomic E-state index is 12.8. The fourth-order valence-electron chi connectivity index (χ4n) is 5.87. The zero-order valence-electron chi connectivity index (χ0n) is 88.0. The monoisotopic (exact) mass is 2080 g/mol. The predicted octanol–water partition coefficient (Wildman–Crippen LogP) is 23.2. The minimum Gasteiger partial charge on any atom is -0.438 e. The van der Waals surface area contributed by atoms with Gasteiger partial charge in [-0.3, -0.25) is 64.2 Å². The summed E-state index contributed by atoms with van der Waals surface area (Å²) >= 11 is 0. The van der Waals surface area contributed by atoms with Crippen molar-refractivity contribution in [2.24, 2.45) is 10.8 Å². The first-order chi connectivity index (χ1) is 58.7.